The standard InChI is InChI=1S/C21H26N2O5S/c1-15-4-9-19(29(25,26)23-10-12-28-13-11-23)14-20(15)21(24)22-16(2)17-5-7-18(27-3)8-6-17/h4-9,14,16H,10-13H2,1-3H3,(H,22,24). The molecule has 1 N–H and O–H groups in total. The number of carbonyl (C=O) groups is 1. The molecule has 0 aromatic heterocycles. The fourth-order valence-corrected chi connectivity index (χ4v) is 4.63. The summed E-state index contributed by atoms with van der Waals surface area (Å²) in [6, 6.07) is 11.9. The molecular formula is C21H26N2O5S. The molecule has 1 aliphatic heterocycles. The van der Waals surface area contributed by atoms with Crippen LogP contribution in [0.25, 0.3) is 0 Å². The molecule has 0 aliphatic carbocycles. The van der Waals surface area contributed by atoms with Crippen molar-refractivity contribution in [1.82, 2.24) is 9.62 Å². The van der Waals surface area contributed by atoms with Gasteiger partial charge >= 0.3 is 0 Å². The van der Waals surface area contributed by atoms with E-state index < -0.39 is 10.0 Å². The van der Waals surface area contributed by atoms with E-state index in [2.05, 4.69) is 5.32 Å². The van der Waals surface area contributed by atoms with Gasteiger partial charge in [-0.3, -0.25) is 4.79 Å². The molecular weight excluding hydrogens is 392 g/mol. The first-order valence-corrected chi connectivity index (χ1v) is 10.9. The number of rotatable bonds is 6. The number of benzene rings is 2. The van der Waals surface area contributed by atoms with Crippen LogP contribution in [0.3, 0.4) is 0 Å². The van der Waals surface area contributed by atoms with Crippen molar-refractivity contribution in [3.63, 3.8) is 0 Å². The van der Waals surface area contributed by atoms with Gasteiger partial charge in [-0.25, -0.2) is 8.42 Å². The average molecular weight is 419 g/mol. The normalized spacial score (nSPS) is 16.2. The summed E-state index contributed by atoms with van der Waals surface area (Å²) in [7, 11) is -2.07. The fraction of sp³-hybridized carbons (Fsp3) is 0.381. The Bertz CT molecular complexity index is 967. The van der Waals surface area contributed by atoms with E-state index in [1.54, 1.807) is 26.2 Å². The molecule has 1 heterocycles. The lowest BCUT2D eigenvalue weighted by Gasteiger charge is -2.26. The summed E-state index contributed by atoms with van der Waals surface area (Å²) in [5.41, 5.74) is 1.99. The van der Waals surface area contributed by atoms with Crippen molar-refractivity contribution in [2.75, 3.05) is 33.4 Å². The SMILES string of the molecule is COc1ccc(C(C)NC(=O)c2cc(S(=O)(=O)N3CCOCC3)ccc2C)cc1. The van der Waals surface area contributed by atoms with Crippen LogP contribution in [0.1, 0.15) is 34.5 Å². The number of amides is 1. The number of morpholine rings is 1. The summed E-state index contributed by atoms with van der Waals surface area (Å²) in [4.78, 5) is 13.0. The Labute approximate surface area is 171 Å². The summed E-state index contributed by atoms with van der Waals surface area (Å²) in [6.45, 7) is 5.04. The van der Waals surface area contributed by atoms with E-state index in [0.29, 0.717) is 37.4 Å². The number of nitrogens with one attached hydrogen (secondary N) is 1. The molecule has 1 atom stereocenters. The maximum atomic E-state index is 12.9. The number of nitrogens with zero attached hydrogens (tertiary/aromatic N) is 1. The molecule has 2 aromatic carbocycles. The molecule has 1 aliphatic rings. The zero-order chi connectivity index (χ0) is 21.0. The molecule has 8 heteroatoms. The second kappa shape index (κ2) is 8.94. The molecule has 0 radical (unpaired) electrons. The minimum Gasteiger partial charge on any atom is -0.497 e. The third-order valence-corrected chi connectivity index (χ3v) is 6.92. The van der Waals surface area contributed by atoms with Gasteiger partial charge in [-0.1, -0.05) is 18.2 Å². The molecule has 29 heavy (non-hydrogen) atoms. The Morgan fingerprint density at radius 3 is 2.41 bits per heavy atom. The molecule has 2 aromatic rings. The van der Waals surface area contributed by atoms with Crippen molar-refractivity contribution in [2.45, 2.75) is 24.8 Å². The third kappa shape index (κ3) is 4.77. The van der Waals surface area contributed by atoms with Crippen LogP contribution in [-0.2, 0) is 14.8 Å². The predicted molar refractivity (Wildman–Crippen MR) is 110 cm³/mol. The second-order valence-electron chi connectivity index (χ2n) is 6.96. The minimum atomic E-state index is -3.66. The number of methoxy groups -OCH3 is 1. The van der Waals surface area contributed by atoms with Crippen LogP contribution in [0.5, 0.6) is 5.75 Å². The molecule has 7 nitrogen and oxygen atoms in total. The van der Waals surface area contributed by atoms with Crippen molar-refractivity contribution < 1.29 is 22.7 Å². The number of aryl methyl sites for hydroxylation is 1. The summed E-state index contributed by atoms with van der Waals surface area (Å²) in [6.07, 6.45) is 0. The Hall–Kier alpha value is -2.42. The quantitative estimate of drug-likeness (QED) is 0.779. The largest absolute Gasteiger partial charge is 0.497 e. The summed E-state index contributed by atoms with van der Waals surface area (Å²) in [5.74, 6) is 0.425. The van der Waals surface area contributed by atoms with Crippen LogP contribution in [0, 0.1) is 6.92 Å². The highest BCUT2D eigenvalue weighted by Gasteiger charge is 2.27. The lowest BCUT2D eigenvalue weighted by atomic mass is 10.1. The average Bonchev–Trinajstić information content (AvgIpc) is 2.74. The zero-order valence-electron chi connectivity index (χ0n) is 16.8. The number of hydrogen-bond acceptors (Lipinski definition) is 5. The van der Waals surface area contributed by atoms with Crippen LogP contribution in [0.15, 0.2) is 47.4 Å². The van der Waals surface area contributed by atoms with E-state index >= 15 is 0 Å². The molecule has 1 amide bonds. The Morgan fingerprint density at radius 2 is 1.79 bits per heavy atom. The van der Waals surface area contributed by atoms with Gasteiger partial charge in [0.2, 0.25) is 10.0 Å². The van der Waals surface area contributed by atoms with Crippen molar-refractivity contribution >= 4 is 15.9 Å². The third-order valence-electron chi connectivity index (χ3n) is 5.02. The van der Waals surface area contributed by atoms with Gasteiger partial charge in [-0.2, -0.15) is 4.31 Å². The van der Waals surface area contributed by atoms with Crippen molar-refractivity contribution in [3.05, 3.63) is 59.2 Å². The fourth-order valence-electron chi connectivity index (χ4n) is 3.19. The monoisotopic (exact) mass is 418 g/mol. The van der Waals surface area contributed by atoms with E-state index in [-0.39, 0.29) is 16.8 Å². The van der Waals surface area contributed by atoms with Crippen LogP contribution >= 0.6 is 0 Å². The number of sulfonamides is 1. The highest BCUT2D eigenvalue weighted by Crippen LogP contribution is 2.22. The van der Waals surface area contributed by atoms with E-state index in [0.717, 1.165) is 11.3 Å². The van der Waals surface area contributed by atoms with Crippen LogP contribution in [0.4, 0.5) is 0 Å². The molecule has 0 spiro atoms. The van der Waals surface area contributed by atoms with Gasteiger partial charge in [0.15, 0.2) is 0 Å². The Kier molecular flexibility index (Phi) is 6.56. The first-order chi connectivity index (χ1) is 13.8. The maximum absolute atomic E-state index is 12.9. The van der Waals surface area contributed by atoms with Crippen LogP contribution < -0.4 is 10.1 Å². The zero-order valence-corrected chi connectivity index (χ0v) is 17.7. The number of hydrogen-bond donors (Lipinski definition) is 1. The number of ether oxygens (including phenoxy) is 2. The topological polar surface area (TPSA) is 84.9 Å². The van der Waals surface area contributed by atoms with Gasteiger partial charge in [0.25, 0.3) is 5.91 Å². The van der Waals surface area contributed by atoms with Crippen molar-refractivity contribution in [2.24, 2.45) is 0 Å². The highest BCUT2D eigenvalue weighted by molar-refractivity contribution is 7.89. The van der Waals surface area contributed by atoms with Crippen LogP contribution in [-0.4, -0.2) is 52.0 Å². The summed E-state index contributed by atoms with van der Waals surface area (Å²) in [5, 5.41) is 2.94. The van der Waals surface area contributed by atoms with Gasteiger partial charge < -0.3 is 14.8 Å². The Morgan fingerprint density at radius 1 is 1.14 bits per heavy atom. The van der Waals surface area contributed by atoms with Crippen molar-refractivity contribution in [3.8, 4) is 5.75 Å². The lowest BCUT2D eigenvalue weighted by Crippen LogP contribution is -2.40. The van der Waals surface area contributed by atoms with Crippen molar-refractivity contribution in [1.29, 1.82) is 0 Å². The van der Waals surface area contributed by atoms with Gasteiger partial charge in [-0.15, -0.1) is 0 Å². The number of carbonyl (C=O) groups excluding carboxylic acids is 1. The summed E-state index contributed by atoms with van der Waals surface area (Å²) >= 11 is 0. The molecule has 1 fully saturated rings. The van der Waals surface area contributed by atoms with E-state index in [9.17, 15) is 13.2 Å². The molecule has 156 valence electrons. The summed E-state index contributed by atoms with van der Waals surface area (Å²) < 4.78 is 37.6. The van der Waals surface area contributed by atoms with E-state index in [1.807, 2.05) is 31.2 Å². The molecule has 1 saturated heterocycles. The molecule has 3 rings (SSSR count). The van der Waals surface area contributed by atoms with Gasteiger partial charge in [-0.05, 0) is 49.2 Å². The van der Waals surface area contributed by atoms with Crippen LogP contribution in [0.2, 0.25) is 0 Å². The first kappa shape index (κ1) is 21.3. The highest BCUT2D eigenvalue weighted by atomic mass is 32.2. The smallest absolute Gasteiger partial charge is 0.252 e. The Balaban J connectivity index is 1.80. The minimum absolute atomic E-state index is 0.118. The van der Waals surface area contributed by atoms with Gasteiger partial charge in [0.05, 0.1) is 31.3 Å². The van der Waals surface area contributed by atoms with Gasteiger partial charge in [0, 0.05) is 18.7 Å². The van der Waals surface area contributed by atoms with E-state index in [1.165, 1.54) is 10.4 Å². The predicted octanol–water partition coefficient (Wildman–Crippen LogP) is 2.52. The molecule has 1 unspecified atom stereocenters. The van der Waals surface area contributed by atoms with E-state index in [4.69, 9.17) is 9.47 Å². The first-order valence-electron chi connectivity index (χ1n) is 9.46. The lowest BCUT2D eigenvalue weighted by molar-refractivity contribution is 0.0730. The maximum Gasteiger partial charge on any atom is 0.252 e. The molecule has 0 saturated carbocycles. The second-order valence-corrected chi connectivity index (χ2v) is 8.90. The van der Waals surface area contributed by atoms with Gasteiger partial charge in [0.1, 0.15) is 5.75 Å². The molecule has 0 bridgehead atoms.